The van der Waals surface area contributed by atoms with E-state index < -0.39 is 11.9 Å². The van der Waals surface area contributed by atoms with Crippen molar-refractivity contribution in [2.75, 3.05) is 11.4 Å². The quantitative estimate of drug-likeness (QED) is 0.482. The fourth-order valence-corrected chi connectivity index (χ4v) is 4.92. The molecule has 0 spiro atoms. The van der Waals surface area contributed by atoms with Gasteiger partial charge in [0.25, 0.3) is 0 Å². The van der Waals surface area contributed by atoms with E-state index in [1.807, 2.05) is 24.4 Å². The van der Waals surface area contributed by atoms with Gasteiger partial charge in [-0.1, -0.05) is 12.1 Å². The molecule has 6 rings (SSSR count). The van der Waals surface area contributed by atoms with Crippen molar-refractivity contribution in [3.8, 4) is 0 Å². The van der Waals surface area contributed by atoms with Crippen molar-refractivity contribution >= 4 is 28.3 Å². The van der Waals surface area contributed by atoms with Crippen molar-refractivity contribution < 1.29 is 14.3 Å². The van der Waals surface area contributed by atoms with Gasteiger partial charge in [0.05, 0.1) is 23.0 Å². The molecule has 2 aliphatic heterocycles. The Bertz CT molecular complexity index is 1380. The number of H-pyrrole nitrogens is 1. The predicted molar refractivity (Wildman–Crippen MR) is 125 cm³/mol. The van der Waals surface area contributed by atoms with E-state index in [9.17, 15) is 14.3 Å². The Hall–Kier alpha value is -4.00. The molecule has 33 heavy (non-hydrogen) atoms. The van der Waals surface area contributed by atoms with Crippen molar-refractivity contribution in [1.82, 2.24) is 15.6 Å². The van der Waals surface area contributed by atoms with Crippen LogP contribution in [0.5, 0.6) is 0 Å². The Morgan fingerprint density at radius 2 is 2.00 bits per heavy atom. The molecular weight excluding hydrogens is 419 g/mol. The van der Waals surface area contributed by atoms with Gasteiger partial charge in [-0.15, -0.1) is 0 Å². The first kappa shape index (κ1) is 19.7. The Balaban J connectivity index is 1.52. The molecule has 3 aliphatic rings. The highest BCUT2D eigenvalue weighted by molar-refractivity contribution is 5.86. The minimum absolute atomic E-state index is 0.234. The van der Waals surface area contributed by atoms with E-state index in [-0.39, 0.29) is 5.82 Å². The molecule has 0 amide bonds. The SMILES string of the molecule is O=C(O)C1C=C2NC(N3CCCc4cc(F)ccc43)=C(c3ccc4[nH]ccc4c3)NC2=CC1. The number of hydrogen-bond donors (Lipinski definition) is 4. The molecule has 1 unspecified atom stereocenters. The number of halogens is 1. The molecule has 3 aromatic rings. The van der Waals surface area contributed by atoms with Crippen LogP contribution in [0.25, 0.3) is 16.6 Å². The summed E-state index contributed by atoms with van der Waals surface area (Å²) in [6, 6.07) is 13.2. The highest BCUT2D eigenvalue weighted by Crippen LogP contribution is 2.36. The predicted octanol–water partition coefficient (Wildman–Crippen LogP) is 4.45. The molecule has 7 heteroatoms. The number of carbonyl (C=O) groups is 1. The highest BCUT2D eigenvalue weighted by atomic mass is 19.1. The minimum atomic E-state index is -0.840. The molecule has 0 radical (unpaired) electrons. The molecule has 0 bridgehead atoms. The summed E-state index contributed by atoms with van der Waals surface area (Å²) < 4.78 is 13.9. The summed E-state index contributed by atoms with van der Waals surface area (Å²) >= 11 is 0. The number of aryl methyl sites for hydroxylation is 1. The second-order valence-corrected chi connectivity index (χ2v) is 8.66. The number of fused-ring (bicyclic) bond motifs is 3. The molecule has 1 aliphatic carbocycles. The van der Waals surface area contributed by atoms with Crippen molar-refractivity contribution in [3.63, 3.8) is 0 Å². The topological polar surface area (TPSA) is 80.4 Å². The summed E-state index contributed by atoms with van der Waals surface area (Å²) in [5.74, 6) is -0.804. The largest absolute Gasteiger partial charge is 0.481 e. The van der Waals surface area contributed by atoms with Crippen molar-refractivity contribution in [2.45, 2.75) is 19.3 Å². The number of aliphatic carboxylic acids is 1. The normalized spacial score (nSPS) is 19.8. The van der Waals surface area contributed by atoms with Crippen LogP contribution in [-0.2, 0) is 11.2 Å². The van der Waals surface area contributed by atoms with Gasteiger partial charge in [0, 0.05) is 34.9 Å². The molecule has 0 saturated heterocycles. The second-order valence-electron chi connectivity index (χ2n) is 8.66. The van der Waals surface area contributed by atoms with Crippen LogP contribution in [0, 0.1) is 11.7 Å². The van der Waals surface area contributed by atoms with Gasteiger partial charge >= 0.3 is 5.97 Å². The third kappa shape index (κ3) is 3.36. The lowest BCUT2D eigenvalue weighted by Crippen LogP contribution is -2.43. The van der Waals surface area contributed by atoms with Crippen LogP contribution in [0.3, 0.4) is 0 Å². The zero-order chi connectivity index (χ0) is 22.5. The van der Waals surface area contributed by atoms with E-state index in [2.05, 4.69) is 38.7 Å². The minimum Gasteiger partial charge on any atom is -0.481 e. The van der Waals surface area contributed by atoms with Crippen LogP contribution < -0.4 is 15.5 Å². The van der Waals surface area contributed by atoms with Gasteiger partial charge in [-0.25, -0.2) is 4.39 Å². The third-order valence-electron chi connectivity index (χ3n) is 6.57. The zero-order valence-electron chi connectivity index (χ0n) is 17.9. The molecule has 2 aromatic carbocycles. The number of aromatic nitrogens is 1. The lowest BCUT2D eigenvalue weighted by molar-refractivity contribution is -0.140. The maximum absolute atomic E-state index is 13.9. The van der Waals surface area contributed by atoms with Gasteiger partial charge in [-0.05, 0) is 67.3 Å². The average molecular weight is 442 g/mol. The van der Waals surface area contributed by atoms with Gasteiger partial charge in [-0.3, -0.25) is 4.79 Å². The first-order valence-corrected chi connectivity index (χ1v) is 11.1. The molecule has 6 nitrogen and oxygen atoms in total. The summed E-state index contributed by atoms with van der Waals surface area (Å²) in [6.45, 7) is 0.771. The molecule has 166 valence electrons. The maximum Gasteiger partial charge on any atom is 0.310 e. The van der Waals surface area contributed by atoms with E-state index in [0.29, 0.717) is 6.42 Å². The summed E-state index contributed by atoms with van der Waals surface area (Å²) in [4.78, 5) is 17.0. The summed E-state index contributed by atoms with van der Waals surface area (Å²) in [5, 5.41) is 17.7. The highest BCUT2D eigenvalue weighted by Gasteiger charge is 2.31. The molecule has 1 aromatic heterocycles. The standard InChI is InChI=1S/C26H23FN4O2/c27-19-5-8-23-16(13-19)2-1-11-31(23)25-24(17-3-6-20-15(12-17)9-10-28-20)29-21-7-4-18(26(32)33)14-22(21)30-25/h3,5-10,12-14,18,28-30H,1-2,4,11H2,(H,32,33). The number of hydrogen-bond acceptors (Lipinski definition) is 4. The van der Waals surface area contributed by atoms with Crippen molar-refractivity contribution in [3.05, 3.63) is 95.0 Å². The van der Waals surface area contributed by atoms with E-state index >= 15 is 0 Å². The number of carboxylic acids is 1. The Kier molecular flexibility index (Phi) is 4.50. The number of aromatic amines is 1. The van der Waals surface area contributed by atoms with Gasteiger partial charge in [0.1, 0.15) is 11.6 Å². The van der Waals surface area contributed by atoms with Crippen LogP contribution in [0.4, 0.5) is 10.1 Å². The smallest absolute Gasteiger partial charge is 0.310 e. The molecule has 3 heterocycles. The molecule has 0 saturated carbocycles. The lowest BCUT2D eigenvalue weighted by atomic mass is 9.95. The molecule has 0 fully saturated rings. The second kappa shape index (κ2) is 7.55. The third-order valence-corrected chi connectivity index (χ3v) is 6.57. The van der Waals surface area contributed by atoms with Crippen LogP contribution in [0.1, 0.15) is 24.0 Å². The van der Waals surface area contributed by atoms with E-state index in [0.717, 1.165) is 70.0 Å². The fourth-order valence-electron chi connectivity index (χ4n) is 4.92. The number of nitrogens with one attached hydrogen (secondary N) is 3. The Morgan fingerprint density at radius 1 is 1.09 bits per heavy atom. The number of carboxylic acid groups (broad SMARTS) is 1. The molecular formula is C26H23FN4O2. The first-order chi connectivity index (χ1) is 16.1. The van der Waals surface area contributed by atoms with Gasteiger partial charge in [0.15, 0.2) is 0 Å². The van der Waals surface area contributed by atoms with E-state index in [1.165, 1.54) is 6.07 Å². The molecule has 1 atom stereocenters. The summed E-state index contributed by atoms with van der Waals surface area (Å²) in [7, 11) is 0. The Morgan fingerprint density at radius 3 is 2.88 bits per heavy atom. The number of allylic oxidation sites excluding steroid dienone is 1. The maximum atomic E-state index is 13.9. The van der Waals surface area contributed by atoms with Crippen LogP contribution in [0.2, 0.25) is 0 Å². The van der Waals surface area contributed by atoms with Crippen LogP contribution >= 0.6 is 0 Å². The van der Waals surface area contributed by atoms with Gasteiger partial charge < -0.3 is 25.6 Å². The summed E-state index contributed by atoms with van der Waals surface area (Å²) in [6.07, 6.45) is 7.78. The van der Waals surface area contributed by atoms with E-state index in [1.54, 1.807) is 12.1 Å². The number of anilines is 1. The van der Waals surface area contributed by atoms with Gasteiger partial charge in [-0.2, -0.15) is 0 Å². The van der Waals surface area contributed by atoms with Crippen molar-refractivity contribution in [1.29, 1.82) is 0 Å². The number of nitrogens with zero attached hydrogens (tertiary/aromatic N) is 1. The first-order valence-electron chi connectivity index (χ1n) is 11.1. The monoisotopic (exact) mass is 442 g/mol. The lowest BCUT2D eigenvalue weighted by Gasteiger charge is -2.39. The van der Waals surface area contributed by atoms with Crippen LogP contribution in [0.15, 0.2) is 78.0 Å². The van der Waals surface area contributed by atoms with Crippen molar-refractivity contribution in [2.24, 2.45) is 5.92 Å². The molecule has 4 N–H and O–H groups in total. The van der Waals surface area contributed by atoms with E-state index in [4.69, 9.17) is 0 Å². The average Bonchev–Trinajstić information content (AvgIpc) is 3.30. The number of rotatable bonds is 3. The fraction of sp³-hybridized carbons (Fsp3) is 0.192. The number of benzene rings is 2. The van der Waals surface area contributed by atoms with Crippen LogP contribution in [-0.4, -0.2) is 22.6 Å². The zero-order valence-corrected chi connectivity index (χ0v) is 17.9. The Labute approximate surface area is 190 Å². The van der Waals surface area contributed by atoms with Gasteiger partial charge in [0.2, 0.25) is 0 Å². The summed E-state index contributed by atoms with van der Waals surface area (Å²) in [5.41, 5.74) is 6.54.